The fourth-order valence-electron chi connectivity index (χ4n) is 4.82. The molecule has 2 fully saturated rings. The normalized spacial score (nSPS) is 17.4. The van der Waals surface area contributed by atoms with E-state index in [1.54, 1.807) is 0 Å². The van der Waals surface area contributed by atoms with Gasteiger partial charge in [0.1, 0.15) is 0 Å². The molecule has 7 nitrogen and oxygen atoms in total. The smallest absolute Gasteiger partial charge is 0.226 e. The quantitative estimate of drug-likeness (QED) is 0.586. The number of carbonyl (C=O) groups is 1. The third kappa shape index (κ3) is 4.11. The van der Waals surface area contributed by atoms with E-state index in [1.807, 2.05) is 29.4 Å². The molecule has 0 unspecified atom stereocenters. The monoisotopic (exact) mass is 407 g/mol. The molecule has 1 aliphatic carbocycles. The van der Waals surface area contributed by atoms with Crippen molar-refractivity contribution in [3.63, 3.8) is 0 Å². The summed E-state index contributed by atoms with van der Waals surface area (Å²) in [6.45, 7) is 2.46. The Bertz CT molecular complexity index is 1010. The third-order valence-corrected chi connectivity index (χ3v) is 6.61. The van der Waals surface area contributed by atoms with Gasteiger partial charge in [-0.3, -0.25) is 4.79 Å². The molecule has 1 amide bonds. The minimum Gasteiger partial charge on any atom is -0.343 e. The molecule has 1 aliphatic heterocycles. The molecule has 3 aromatic rings. The zero-order chi connectivity index (χ0) is 20.3. The third-order valence-electron chi connectivity index (χ3n) is 6.61. The summed E-state index contributed by atoms with van der Waals surface area (Å²) < 4.78 is 7.53. The van der Waals surface area contributed by atoms with Gasteiger partial charge in [0.25, 0.3) is 0 Å². The van der Waals surface area contributed by atoms with Crippen LogP contribution in [0, 0.1) is 5.92 Å². The predicted molar refractivity (Wildman–Crippen MR) is 114 cm³/mol. The highest BCUT2D eigenvalue weighted by Gasteiger charge is 2.19. The SMILES string of the molecule is O=C(CCn1cnc2cc(-c3noc(CCC4CCCC4)n3)ccc21)N1CCCC1. The van der Waals surface area contributed by atoms with Gasteiger partial charge in [-0.1, -0.05) is 30.8 Å². The number of nitrogens with zero attached hydrogens (tertiary/aromatic N) is 5. The maximum Gasteiger partial charge on any atom is 0.226 e. The second-order valence-electron chi connectivity index (χ2n) is 8.68. The van der Waals surface area contributed by atoms with Gasteiger partial charge in [0.05, 0.1) is 17.4 Å². The molecule has 2 aliphatic rings. The molecule has 1 saturated carbocycles. The average molecular weight is 408 g/mol. The van der Waals surface area contributed by atoms with Gasteiger partial charge >= 0.3 is 0 Å². The fourth-order valence-corrected chi connectivity index (χ4v) is 4.82. The van der Waals surface area contributed by atoms with Crippen LogP contribution in [0.3, 0.4) is 0 Å². The Morgan fingerprint density at radius 1 is 1.13 bits per heavy atom. The van der Waals surface area contributed by atoms with Crippen LogP contribution in [0.1, 0.15) is 57.3 Å². The molecule has 30 heavy (non-hydrogen) atoms. The number of aromatic nitrogens is 4. The molecule has 0 radical (unpaired) electrons. The summed E-state index contributed by atoms with van der Waals surface area (Å²) in [5, 5.41) is 4.18. The van der Waals surface area contributed by atoms with Gasteiger partial charge in [0, 0.05) is 38.0 Å². The van der Waals surface area contributed by atoms with Crippen molar-refractivity contribution in [1.29, 1.82) is 0 Å². The summed E-state index contributed by atoms with van der Waals surface area (Å²) in [6, 6.07) is 6.04. The van der Waals surface area contributed by atoms with Crippen LogP contribution in [0.25, 0.3) is 22.4 Å². The van der Waals surface area contributed by atoms with Crippen LogP contribution in [0.4, 0.5) is 0 Å². The van der Waals surface area contributed by atoms with Crippen molar-refractivity contribution >= 4 is 16.9 Å². The van der Waals surface area contributed by atoms with E-state index in [-0.39, 0.29) is 5.91 Å². The standard InChI is InChI=1S/C23H29N5O2/c29-22(27-12-3-4-13-27)11-14-28-16-24-19-15-18(8-9-20(19)28)23-25-21(30-26-23)10-7-17-5-1-2-6-17/h8-9,15-17H,1-7,10-14H2. The molecule has 1 aromatic carbocycles. The average Bonchev–Trinajstić information content (AvgIpc) is 3.56. The lowest BCUT2D eigenvalue weighted by Gasteiger charge is -2.15. The molecule has 1 saturated heterocycles. The minimum atomic E-state index is 0.239. The van der Waals surface area contributed by atoms with Crippen LogP contribution in [-0.4, -0.2) is 43.6 Å². The first kappa shape index (κ1) is 19.3. The van der Waals surface area contributed by atoms with Crippen molar-refractivity contribution in [3.8, 4) is 11.4 Å². The number of fused-ring (bicyclic) bond motifs is 1. The molecule has 7 heteroatoms. The van der Waals surface area contributed by atoms with Gasteiger partial charge in [0.15, 0.2) is 0 Å². The van der Waals surface area contributed by atoms with E-state index in [0.717, 1.165) is 67.2 Å². The van der Waals surface area contributed by atoms with Crippen molar-refractivity contribution in [2.24, 2.45) is 5.92 Å². The molecule has 0 N–H and O–H groups in total. The van der Waals surface area contributed by atoms with E-state index < -0.39 is 0 Å². The predicted octanol–water partition coefficient (Wildman–Crippen LogP) is 4.22. The first-order valence-electron chi connectivity index (χ1n) is 11.3. The topological polar surface area (TPSA) is 77.0 Å². The number of likely N-dealkylation sites (tertiary alicyclic amines) is 1. The lowest BCUT2D eigenvalue weighted by molar-refractivity contribution is -0.130. The van der Waals surface area contributed by atoms with Gasteiger partial charge < -0.3 is 14.0 Å². The Kier molecular flexibility index (Phi) is 5.51. The molecule has 5 rings (SSSR count). The lowest BCUT2D eigenvalue weighted by Crippen LogP contribution is -2.28. The molecule has 158 valence electrons. The van der Waals surface area contributed by atoms with E-state index in [2.05, 4.69) is 19.7 Å². The highest BCUT2D eigenvalue weighted by Crippen LogP contribution is 2.29. The molecule has 0 atom stereocenters. The zero-order valence-electron chi connectivity index (χ0n) is 17.4. The summed E-state index contributed by atoms with van der Waals surface area (Å²) in [6.07, 6.45) is 12.0. The van der Waals surface area contributed by atoms with Gasteiger partial charge in [-0.25, -0.2) is 4.98 Å². The van der Waals surface area contributed by atoms with Crippen LogP contribution in [0.5, 0.6) is 0 Å². The number of imidazole rings is 1. The maximum absolute atomic E-state index is 12.3. The Hall–Kier alpha value is -2.70. The molecule has 3 heterocycles. The van der Waals surface area contributed by atoms with Gasteiger partial charge in [-0.2, -0.15) is 4.98 Å². The first-order chi connectivity index (χ1) is 14.8. The Balaban J connectivity index is 1.24. The van der Waals surface area contributed by atoms with Crippen LogP contribution in [0.2, 0.25) is 0 Å². The van der Waals surface area contributed by atoms with E-state index in [9.17, 15) is 4.79 Å². The molecule has 0 spiro atoms. The number of hydrogen-bond acceptors (Lipinski definition) is 5. The lowest BCUT2D eigenvalue weighted by atomic mass is 10.0. The Morgan fingerprint density at radius 2 is 1.97 bits per heavy atom. The number of rotatable bonds is 7. The summed E-state index contributed by atoms with van der Waals surface area (Å²) in [5.41, 5.74) is 2.83. The number of aryl methyl sites for hydroxylation is 2. The Morgan fingerprint density at radius 3 is 2.80 bits per heavy atom. The maximum atomic E-state index is 12.3. The summed E-state index contributed by atoms with van der Waals surface area (Å²) in [4.78, 5) is 23.4. The molecule has 2 aromatic heterocycles. The molecular weight excluding hydrogens is 378 g/mol. The van der Waals surface area contributed by atoms with E-state index in [0.29, 0.717) is 18.8 Å². The van der Waals surface area contributed by atoms with E-state index in [1.165, 1.54) is 25.7 Å². The highest BCUT2D eigenvalue weighted by molar-refractivity contribution is 5.81. The Labute approximate surface area is 176 Å². The number of benzene rings is 1. The first-order valence-corrected chi connectivity index (χ1v) is 11.3. The summed E-state index contributed by atoms with van der Waals surface area (Å²) >= 11 is 0. The second kappa shape index (κ2) is 8.58. The fraction of sp³-hybridized carbons (Fsp3) is 0.565. The zero-order valence-corrected chi connectivity index (χ0v) is 17.4. The highest BCUT2D eigenvalue weighted by atomic mass is 16.5. The summed E-state index contributed by atoms with van der Waals surface area (Å²) in [5.74, 6) is 2.40. The minimum absolute atomic E-state index is 0.239. The number of hydrogen-bond donors (Lipinski definition) is 0. The van der Waals surface area contributed by atoms with Gasteiger partial charge in [-0.15, -0.1) is 0 Å². The van der Waals surface area contributed by atoms with Crippen molar-refractivity contribution < 1.29 is 9.32 Å². The van der Waals surface area contributed by atoms with Crippen molar-refractivity contribution in [2.45, 2.75) is 64.3 Å². The number of carbonyl (C=O) groups excluding carboxylic acids is 1. The van der Waals surface area contributed by atoms with Crippen LogP contribution in [0.15, 0.2) is 29.0 Å². The largest absolute Gasteiger partial charge is 0.343 e. The van der Waals surface area contributed by atoms with E-state index >= 15 is 0 Å². The van der Waals surface area contributed by atoms with Gasteiger partial charge in [0.2, 0.25) is 17.6 Å². The van der Waals surface area contributed by atoms with Crippen LogP contribution in [-0.2, 0) is 17.8 Å². The number of amides is 1. The molecular formula is C23H29N5O2. The van der Waals surface area contributed by atoms with Crippen LogP contribution < -0.4 is 0 Å². The van der Waals surface area contributed by atoms with E-state index in [4.69, 9.17) is 4.52 Å². The van der Waals surface area contributed by atoms with Crippen molar-refractivity contribution in [1.82, 2.24) is 24.6 Å². The summed E-state index contributed by atoms with van der Waals surface area (Å²) in [7, 11) is 0. The van der Waals surface area contributed by atoms with Crippen LogP contribution >= 0.6 is 0 Å². The molecule has 0 bridgehead atoms. The van der Waals surface area contributed by atoms with Crippen molar-refractivity contribution in [2.75, 3.05) is 13.1 Å². The second-order valence-corrected chi connectivity index (χ2v) is 8.68. The van der Waals surface area contributed by atoms with Gasteiger partial charge in [-0.05, 0) is 43.4 Å². The van der Waals surface area contributed by atoms with Crippen molar-refractivity contribution in [3.05, 3.63) is 30.4 Å².